The molecule has 2 nitrogen and oxygen atoms in total. The molecule has 1 aromatic heterocycles. The molecule has 0 unspecified atom stereocenters. The maximum atomic E-state index is 5.62. The summed E-state index contributed by atoms with van der Waals surface area (Å²) in [5, 5.41) is 0.889. The Morgan fingerprint density at radius 3 is 2.69 bits per heavy atom. The van der Waals surface area contributed by atoms with Crippen LogP contribution in [0.1, 0.15) is 25.4 Å². The third-order valence-electron chi connectivity index (χ3n) is 1.95. The van der Waals surface area contributed by atoms with E-state index in [1.807, 2.05) is 12.1 Å². The Balaban J connectivity index is 2.79. The molecule has 0 amide bonds. The molecule has 1 heterocycles. The molecule has 13 heavy (non-hydrogen) atoms. The molecule has 74 valence electrons. The van der Waals surface area contributed by atoms with Crippen molar-refractivity contribution in [2.24, 2.45) is 0 Å². The summed E-state index contributed by atoms with van der Waals surface area (Å²) in [6.07, 6.45) is 0. The number of halogens is 1. The van der Waals surface area contributed by atoms with Gasteiger partial charge < -0.3 is 9.15 Å². The fraction of sp³-hybridized carbons (Fsp3) is 0.600. The zero-order valence-electron chi connectivity index (χ0n) is 8.26. The Hall–Kier alpha value is -0.280. The molecular weight excluding hydrogens is 232 g/mol. The molecule has 0 spiro atoms. The van der Waals surface area contributed by atoms with Crippen LogP contribution in [0.3, 0.4) is 0 Å². The van der Waals surface area contributed by atoms with Gasteiger partial charge >= 0.3 is 0 Å². The fourth-order valence-electron chi connectivity index (χ4n) is 1.03. The molecule has 0 aliphatic carbocycles. The Bertz CT molecular complexity index is 266. The molecule has 1 rings (SSSR count). The normalized spacial score (nSPS) is 12.0. The summed E-state index contributed by atoms with van der Waals surface area (Å²) in [4.78, 5) is 0. The van der Waals surface area contributed by atoms with Crippen LogP contribution in [0.4, 0.5) is 0 Å². The van der Waals surface area contributed by atoms with E-state index in [0.717, 1.165) is 16.9 Å². The minimum Gasteiger partial charge on any atom is -0.463 e. The molecule has 0 bridgehead atoms. The minimum atomic E-state index is 0.0476. The quantitative estimate of drug-likeness (QED) is 0.763. The number of ether oxygens (including phenoxy) is 1. The summed E-state index contributed by atoms with van der Waals surface area (Å²) in [5.41, 5.74) is 0.0476. The standard InChI is InChI=1S/C10H15BrO2/c1-10(2,7-11)9-5-4-8(13-9)6-12-3/h4-5H,6-7H2,1-3H3. The van der Waals surface area contributed by atoms with Crippen LogP contribution >= 0.6 is 15.9 Å². The van der Waals surface area contributed by atoms with Gasteiger partial charge in [-0.1, -0.05) is 29.8 Å². The van der Waals surface area contributed by atoms with Crippen molar-refractivity contribution in [2.75, 3.05) is 12.4 Å². The van der Waals surface area contributed by atoms with Crippen LogP contribution in [-0.4, -0.2) is 12.4 Å². The summed E-state index contributed by atoms with van der Waals surface area (Å²) in [5.74, 6) is 1.88. The van der Waals surface area contributed by atoms with Crippen molar-refractivity contribution < 1.29 is 9.15 Å². The molecule has 0 N–H and O–H groups in total. The van der Waals surface area contributed by atoms with E-state index in [9.17, 15) is 0 Å². The van der Waals surface area contributed by atoms with Gasteiger partial charge in [-0.3, -0.25) is 0 Å². The second-order valence-corrected chi connectivity index (χ2v) is 4.28. The van der Waals surface area contributed by atoms with Gasteiger partial charge in [-0.2, -0.15) is 0 Å². The van der Waals surface area contributed by atoms with E-state index in [0.29, 0.717) is 6.61 Å². The lowest BCUT2D eigenvalue weighted by molar-refractivity contribution is 0.161. The van der Waals surface area contributed by atoms with E-state index in [1.54, 1.807) is 7.11 Å². The smallest absolute Gasteiger partial charge is 0.129 e. The molecule has 0 aliphatic rings. The lowest BCUT2D eigenvalue weighted by atomic mass is 9.93. The lowest BCUT2D eigenvalue weighted by Crippen LogP contribution is -2.17. The molecule has 0 radical (unpaired) electrons. The van der Waals surface area contributed by atoms with Crippen LogP contribution in [0.25, 0.3) is 0 Å². The number of methoxy groups -OCH3 is 1. The zero-order valence-corrected chi connectivity index (χ0v) is 9.85. The summed E-state index contributed by atoms with van der Waals surface area (Å²) >= 11 is 3.46. The SMILES string of the molecule is COCc1ccc(C(C)(C)CBr)o1. The van der Waals surface area contributed by atoms with Crippen molar-refractivity contribution in [3.8, 4) is 0 Å². The molecule has 3 heteroatoms. The molecule has 0 saturated heterocycles. The van der Waals surface area contributed by atoms with E-state index in [2.05, 4.69) is 29.8 Å². The number of hydrogen-bond acceptors (Lipinski definition) is 2. The van der Waals surface area contributed by atoms with Crippen LogP contribution in [0.2, 0.25) is 0 Å². The van der Waals surface area contributed by atoms with Crippen LogP contribution in [0.5, 0.6) is 0 Å². The molecular formula is C10H15BrO2. The minimum absolute atomic E-state index is 0.0476. The van der Waals surface area contributed by atoms with Crippen LogP contribution in [-0.2, 0) is 16.8 Å². The highest BCUT2D eigenvalue weighted by atomic mass is 79.9. The largest absolute Gasteiger partial charge is 0.463 e. The summed E-state index contributed by atoms with van der Waals surface area (Å²) in [6.45, 7) is 4.81. The zero-order chi connectivity index (χ0) is 9.90. The van der Waals surface area contributed by atoms with Gasteiger partial charge in [-0.15, -0.1) is 0 Å². The fourth-order valence-corrected chi connectivity index (χ4v) is 1.30. The van der Waals surface area contributed by atoms with Crippen molar-refractivity contribution >= 4 is 15.9 Å². The second kappa shape index (κ2) is 4.29. The average Bonchev–Trinajstić information content (AvgIpc) is 2.54. The Kier molecular flexibility index (Phi) is 3.56. The van der Waals surface area contributed by atoms with Gasteiger partial charge in [0.05, 0.1) is 0 Å². The number of rotatable bonds is 4. The van der Waals surface area contributed by atoms with Gasteiger partial charge in [-0.25, -0.2) is 0 Å². The molecule has 1 aromatic rings. The number of alkyl halides is 1. The average molecular weight is 247 g/mol. The van der Waals surface area contributed by atoms with Gasteiger partial charge in [0.2, 0.25) is 0 Å². The van der Waals surface area contributed by atoms with Crippen molar-refractivity contribution in [3.05, 3.63) is 23.7 Å². The first-order valence-corrected chi connectivity index (χ1v) is 5.36. The topological polar surface area (TPSA) is 22.4 Å². The van der Waals surface area contributed by atoms with E-state index in [-0.39, 0.29) is 5.41 Å². The van der Waals surface area contributed by atoms with Gasteiger partial charge in [0.1, 0.15) is 18.1 Å². The summed E-state index contributed by atoms with van der Waals surface area (Å²) in [6, 6.07) is 3.97. The number of hydrogen-bond donors (Lipinski definition) is 0. The van der Waals surface area contributed by atoms with Gasteiger partial charge in [0, 0.05) is 17.9 Å². The van der Waals surface area contributed by atoms with Crippen molar-refractivity contribution in [1.29, 1.82) is 0 Å². The van der Waals surface area contributed by atoms with Crippen LogP contribution < -0.4 is 0 Å². The van der Waals surface area contributed by atoms with Crippen molar-refractivity contribution in [1.82, 2.24) is 0 Å². The maximum absolute atomic E-state index is 5.62. The molecule has 0 aromatic carbocycles. The van der Waals surface area contributed by atoms with Crippen molar-refractivity contribution in [3.63, 3.8) is 0 Å². The highest BCUT2D eigenvalue weighted by Gasteiger charge is 2.22. The van der Waals surface area contributed by atoms with Gasteiger partial charge in [0.15, 0.2) is 0 Å². The summed E-state index contributed by atoms with van der Waals surface area (Å²) in [7, 11) is 1.66. The predicted octanol–water partition coefficient (Wildman–Crippen LogP) is 3.10. The number of furan rings is 1. The summed E-state index contributed by atoms with van der Waals surface area (Å²) < 4.78 is 10.6. The predicted molar refractivity (Wildman–Crippen MR) is 56.2 cm³/mol. The third kappa shape index (κ3) is 2.58. The van der Waals surface area contributed by atoms with E-state index >= 15 is 0 Å². The Morgan fingerprint density at radius 2 is 2.15 bits per heavy atom. The lowest BCUT2D eigenvalue weighted by Gasteiger charge is -2.17. The van der Waals surface area contributed by atoms with E-state index in [4.69, 9.17) is 9.15 Å². The monoisotopic (exact) mass is 246 g/mol. The highest BCUT2D eigenvalue weighted by Crippen LogP contribution is 2.27. The van der Waals surface area contributed by atoms with Crippen LogP contribution in [0, 0.1) is 0 Å². The molecule has 0 saturated carbocycles. The highest BCUT2D eigenvalue weighted by molar-refractivity contribution is 9.09. The first kappa shape index (κ1) is 10.8. The maximum Gasteiger partial charge on any atom is 0.129 e. The third-order valence-corrected chi connectivity index (χ3v) is 3.35. The van der Waals surface area contributed by atoms with E-state index in [1.165, 1.54) is 0 Å². The first-order chi connectivity index (χ1) is 6.10. The molecule has 0 fully saturated rings. The second-order valence-electron chi connectivity index (χ2n) is 3.72. The van der Waals surface area contributed by atoms with E-state index < -0.39 is 0 Å². The van der Waals surface area contributed by atoms with Gasteiger partial charge in [0.25, 0.3) is 0 Å². The van der Waals surface area contributed by atoms with Crippen molar-refractivity contribution in [2.45, 2.75) is 25.9 Å². The molecule has 0 atom stereocenters. The Labute approximate surface area is 87.4 Å². The van der Waals surface area contributed by atoms with Gasteiger partial charge in [-0.05, 0) is 12.1 Å². The molecule has 0 aliphatic heterocycles. The first-order valence-electron chi connectivity index (χ1n) is 4.24. The van der Waals surface area contributed by atoms with Crippen LogP contribution in [0.15, 0.2) is 16.5 Å². The Morgan fingerprint density at radius 1 is 1.46 bits per heavy atom.